The first-order chi connectivity index (χ1) is 7.40. The number of benzene rings is 1. The Morgan fingerprint density at radius 2 is 1.81 bits per heavy atom. The summed E-state index contributed by atoms with van der Waals surface area (Å²) in [6.45, 7) is 0. The number of halogens is 1. The Labute approximate surface area is 104 Å². The van der Waals surface area contributed by atoms with Crippen LogP contribution in [0.4, 0.5) is 0 Å². The molecule has 90 valence electrons. The maximum Gasteiger partial charge on any atom is 0.0241 e. The standard InChI is InChI=1S/C13H20N2.ClH/c14-15-13-9-5-4-8-12(13)10-11-6-2-1-3-7-11;/h1-3,6-7,12-13,15H,4-5,8-10,14H2;1H. The molecular formula is C13H21ClN2. The molecule has 2 atom stereocenters. The van der Waals surface area contributed by atoms with Crippen molar-refractivity contribution in [2.75, 3.05) is 0 Å². The van der Waals surface area contributed by atoms with Gasteiger partial charge in [-0.25, -0.2) is 0 Å². The van der Waals surface area contributed by atoms with Crippen LogP contribution in [0.2, 0.25) is 0 Å². The van der Waals surface area contributed by atoms with Crippen molar-refractivity contribution in [3.8, 4) is 0 Å². The van der Waals surface area contributed by atoms with Gasteiger partial charge in [0.15, 0.2) is 0 Å². The molecule has 1 aliphatic rings. The third-order valence-electron chi connectivity index (χ3n) is 3.46. The molecule has 0 aliphatic heterocycles. The second kappa shape index (κ2) is 6.89. The molecule has 1 saturated carbocycles. The SMILES string of the molecule is Cl.NNC1CCCCC1Cc1ccccc1. The van der Waals surface area contributed by atoms with Gasteiger partial charge in [0, 0.05) is 6.04 Å². The van der Waals surface area contributed by atoms with Crippen molar-refractivity contribution in [2.24, 2.45) is 11.8 Å². The number of hydrogen-bond acceptors (Lipinski definition) is 2. The number of hydrazine groups is 1. The molecule has 0 spiro atoms. The van der Waals surface area contributed by atoms with Crippen LogP contribution < -0.4 is 11.3 Å². The van der Waals surface area contributed by atoms with Crippen LogP contribution in [0.5, 0.6) is 0 Å². The number of nitrogens with two attached hydrogens (primary N) is 1. The van der Waals surface area contributed by atoms with Crippen LogP contribution in [0, 0.1) is 5.92 Å². The summed E-state index contributed by atoms with van der Waals surface area (Å²) in [5.74, 6) is 6.31. The first-order valence-corrected chi connectivity index (χ1v) is 5.90. The van der Waals surface area contributed by atoms with E-state index in [4.69, 9.17) is 5.84 Å². The van der Waals surface area contributed by atoms with Crippen molar-refractivity contribution >= 4 is 12.4 Å². The first kappa shape index (κ1) is 13.5. The molecule has 0 radical (unpaired) electrons. The fourth-order valence-corrected chi connectivity index (χ4v) is 2.59. The summed E-state index contributed by atoms with van der Waals surface area (Å²) in [6, 6.07) is 11.2. The Morgan fingerprint density at radius 3 is 2.50 bits per heavy atom. The minimum Gasteiger partial charge on any atom is -0.271 e. The van der Waals surface area contributed by atoms with Gasteiger partial charge in [-0.2, -0.15) is 0 Å². The van der Waals surface area contributed by atoms with Gasteiger partial charge < -0.3 is 0 Å². The van der Waals surface area contributed by atoms with Gasteiger partial charge in [-0.15, -0.1) is 12.4 Å². The molecule has 1 fully saturated rings. The molecule has 3 N–H and O–H groups in total. The third kappa shape index (κ3) is 3.48. The first-order valence-electron chi connectivity index (χ1n) is 5.90. The lowest BCUT2D eigenvalue weighted by molar-refractivity contribution is 0.263. The number of hydrogen-bond donors (Lipinski definition) is 2. The molecule has 0 bridgehead atoms. The molecular weight excluding hydrogens is 220 g/mol. The van der Waals surface area contributed by atoms with Crippen molar-refractivity contribution in [2.45, 2.75) is 38.1 Å². The molecule has 2 nitrogen and oxygen atoms in total. The average Bonchev–Trinajstić information content (AvgIpc) is 2.31. The minimum atomic E-state index is 0. The van der Waals surface area contributed by atoms with Gasteiger partial charge in [-0.1, -0.05) is 43.2 Å². The molecule has 1 aromatic carbocycles. The van der Waals surface area contributed by atoms with E-state index in [1.54, 1.807) is 0 Å². The third-order valence-corrected chi connectivity index (χ3v) is 3.46. The quantitative estimate of drug-likeness (QED) is 0.630. The predicted octanol–water partition coefficient (Wildman–Crippen LogP) is 2.67. The Kier molecular flexibility index (Phi) is 5.81. The number of nitrogens with one attached hydrogen (secondary N) is 1. The van der Waals surface area contributed by atoms with E-state index in [1.165, 1.54) is 31.2 Å². The van der Waals surface area contributed by atoms with Crippen molar-refractivity contribution in [1.29, 1.82) is 0 Å². The zero-order valence-electron chi connectivity index (χ0n) is 9.56. The van der Waals surface area contributed by atoms with Crippen LogP contribution in [0.1, 0.15) is 31.2 Å². The summed E-state index contributed by atoms with van der Waals surface area (Å²) in [7, 11) is 0. The number of rotatable bonds is 3. The fourth-order valence-electron chi connectivity index (χ4n) is 2.59. The average molecular weight is 241 g/mol. The van der Waals surface area contributed by atoms with Crippen molar-refractivity contribution < 1.29 is 0 Å². The molecule has 2 rings (SSSR count). The lowest BCUT2D eigenvalue weighted by atomic mass is 9.81. The van der Waals surface area contributed by atoms with E-state index >= 15 is 0 Å². The van der Waals surface area contributed by atoms with Crippen molar-refractivity contribution in [3.05, 3.63) is 35.9 Å². The smallest absolute Gasteiger partial charge is 0.0241 e. The highest BCUT2D eigenvalue weighted by atomic mass is 35.5. The molecule has 0 amide bonds. The Bertz CT molecular complexity index is 289. The van der Waals surface area contributed by atoms with Gasteiger partial charge in [0.05, 0.1) is 0 Å². The highest BCUT2D eigenvalue weighted by Crippen LogP contribution is 2.26. The second-order valence-corrected chi connectivity index (χ2v) is 4.51. The van der Waals surface area contributed by atoms with Crippen LogP contribution in [0.3, 0.4) is 0 Å². The monoisotopic (exact) mass is 240 g/mol. The fraction of sp³-hybridized carbons (Fsp3) is 0.538. The zero-order valence-corrected chi connectivity index (χ0v) is 10.4. The van der Waals surface area contributed by atoms with Crippen LogP contribution in [0.25, 0.3) is 0 Å². The van der Waals surface area contributed by atoms with Crippen LogP contribution >= 0.6 is 12.4 Å². The van der Waals surface area contributed by atoms with Crippen molar-refractivity contribution in [1.82, 2.24) is 5.43 Å². The normalized spacial score (nSPS) is 24.8. The van der Waals surface area contributed by atoms with E-state index < -0.39 is 0 Å². The summed E-state index contributed by atoms with van der Waals surface area (Å²) < 4.78 is 0. The molecule has 3 heteroatoms. The topological polar surface area (TPSA) is 38.0 Å². The summed E-state index contributed by atoms with van der Waals surface area (Å²) in [5, 5.41) is 0. The Hall–Kier alpha value is -0.570. The van der Waals surface area contributed by atoms with E-state index in [1.807, 2.05) is 0 Å². The molecule has 16 heavy (non-hydrogen) atoms. The van der Waals surface area contributed by atoms with Gasteiger partial charge >= 0.3 is 0 Å². The van der Waals surface area contributed by atoms with Crippen LogP contribution in [-0.4, -0.2) is 6.04 Å². The maximum absolute atomic E-state index is 5.60. The van der Waals surface area contributed by atoms with E-state index in [0.29, 0.717) is 12.0 Å². The van der Waals surface area contributed by atoms with Crippen molar-refractivity contribution in [3.63, 3.8) is 0 Å². The van der Waals surface area contributed by atoms with Crippen LogP contribution in [0.15, 0.2) is 30.3 Å². The van der Waals surface area contributed by atoms with E-state index in [2.05, 4.69) is 35.8 Å². The molecule has 1 aliphatic carbocycles. The summed E-state index contributed by atoms with van der Waals surface area (Å²) in [6.07, 6.45) is 6.38. The maximum atomic E-state index is 5.60. The Morgan fingerprint density at radius 1 is 1.12 bits per heavy atom. The van der Waals surface area contributed by atoms with Gasteiger partial charge in [0.2, 0.25) is 0 Å². The minimum absolute atomic E-state index is 0. The van der Waals surface area contributed by atoms with Gasteiger partial charge in [0.1, 0.15) is 0 Å². The van der Waals surface area contributed by atoms with Gasteiger partial charge in [-0.05, 0) is 30.7 Å². The summed E-state index contributed by atoms with van der Waals surface area (Å²) in [4.78, 5) is 0. The van der Waals surface area contributed by atoms with Crippen LogP contribution in [-0.2, 0) is 6.42 Å². The largest absolute Gasteiger partial charge is 0.271 e. The summed E-state index contributed by atoms with van der Waals surface area (Å²) >= 11 is 0. The van der Waals surface area contributed by atoms with Gasteiger partial charge in [-0.3, -0.25) is 11.3 Å². The highest BCUT2D eigenvalue weighted by molar-refractivity contribution is 5.85. The molecule has 2 unspecified atom stereocenters. The Balaban J connectivity index is 0.00000128. The second-order valence-electron chi connectivity index (χ2n) is 4.51. The predicted molar refractivity (Wildman–Crippen MR) is 70.5 cm³/mol. The highest BCUT2D eigenvalue weighted by Gasteiger charge is 2.23. The van der Waals surface area contributed by atoms with E-state index in [-0.39, 0.29) is 12.4 Å². The molecule has 1 aromatic rings. The van der Waals surface area contributed by atoms with E-state index in [9.17, 15) is 0 Å². The zero-order chi connectivity index (χ0) is 10.5. The molecule has 0 saturated heterocycles. The molecule has 0 aromatic heterocycles. The van der Waals surface area contributed by atoms with Gasteiger partial charge in [0.25, 0.3) is 0 Å². The molecule has 0 heterocycles. The lowest BCUT2D eigenvalue weighted by Crippen LogP contribution is -2.43. The lowest BCUT2D eigenvalue weighted by Gasteiger charge is -2.31. The summed E-state index contributed by atoms with van der Waals surface area (Å²) in [5.41, 5.74) is 4.41. The van der Waals surface area contributed by atoms with E-state index in [0.717, 1.165) is 6.42 Å².